The molecule has 0 saturated carbocycles. The van der Waals surface area contributed by atoms with Crippen LogP contribution in [-0.4, -0.2) is 17.6 Å². The van der Waals surface area contributed by atoms with Crippen LogP contribution in [0.1, 0.15) is 5.82 Å². The summed E-state index contributed by atoms with van der Waals surface area (Å²) in [6.07, 6.45) is 0. The number of hydrogen-bond acceptors (Lipinski definition) is 3. The van der Waals surface area contributed by atoms with Crippen LogP contribution in [0.3, 0.4) is 0 Å². The zero-order valence-corrected chi connectivity index (χ0v) is 30.9. The van der Waals surface area contributed by atoms with Crippen molar-refractivity contribution in [2.24, 2.45) is 0 Å². The van der Waals surface area contributed by atoms with E-state index in [1.54, 1.807) is 0 Å². The summed E-state index contributed by atoms with van der Waals surface area (Å²) in [5.74, 6) is 1.79. The number of hydrogen-bond donors (Lipinski definition) is 0. The average Bonchev–Trinajstić information content (AvgIpc) is 3.84. The normalized spacial score (nSPS) is 12.4. The van der Waals surface area contributed by atoms with Gasteiger partial charge in [0.05, 0.1) is 16.7 Å². The van der Waals surface area contributed by atoms with Crippen LogP contribution in [-0.2, 0) is 6.61 Å². The molecule has 1 aliphatic heterocycles. The van der Waals surface area contributed by atoms with Gasteiger partial charge in [0.15, 0.2) is 13.9 Å². The molecule has 0 spiro atoms. The van der Waals surface area contributed by atoms with Crippen LogP contribution in [0.2, 0.25) is 0 Å². The van der Waals surface area contributed by atoms with E-state index < -0.39 is 8.07 Å². The maximum Gasteiger partial charge on any atom is 0.179 e. The van der Waals surface area contributed by atoms with Crippen LogP contribution in [0.15, 0.2) is 199 Å². The standard InChI is InChI=1S/C50H34N2O2Si/c1-3-16-37(17-4-1)55(38-18-5-2-6-19-38,40-21-12-15-36(31-40)41-23-13-27-48-50(41)42-22-7-9-25-46(42)54-48)39-20-11-14-34(30-39)35-28-29-43-45(32-35)52-44-24-8-10-26-47(44)53-33-49(52)51-43/h1-32H,33H2. The lowest BCUT2D eigenvalue weighted by atomic mass is 9.99. The Balaban J connectivity index is 1.14. The molecule has 0 atom stereocenters. The SMILES string of the molecule is c1ccc([Si](c2ccccc2)(c2cccc(-c3ccc4nc5n(c4c3)-c3ccccc3OC5)c2)c2cccc(-c3cccc4oc5ccccc5c34)c2)cc1. The van der Waals surface area contributed by atoms with Gasteiger partial charge in [-0.1, -0.05) is 158 Å². The van der Waals surface area contributed by atoms with Gasteiger partial charge in [-0.2, -0.15) is 0 Å². The van der Waals surface area contributed by atoms with Gasteiger partial charge in [-0.15, -0.1) is 0 Å². The second-order valence-electron chi connectivity index (χ2n) is 14.2. The van der Waals surface area contributed by atoms with Crippen molar-refractivity contribution in [3.63, 3.8) is 0 Å². The van der Waals surface area contributed by atoms with E-state index in [0.29, 0.717) is 6.61 Å². The van der Waals surface area contributed by atoms with Crippen LogP contribution in [0.4, 0.5) is 0 Å². The van der Waals surface area contributed by atoms with Gasteiger partial charge in [0.25, 0.3) is 0 Å². The van der Waals surface area contributed by atoms with Gasteiger partial charge in [-0.3, -0.25) is 4.57 Å². The molecule has 0 saturated heterocycles. The summed E-state index contributed by atoms with van der Waals surface area (Å²) in [5, 5.41) is 7.59. The monoisotopic (exact) mass is 722 g/mol. The molecule has 0 aliphatic carbocycles. The number of benzene rings is 8. The van der Waals surface area contributed by atoms with E-state index in [0.717, 1.165) is 55.8 Å². The van der Waals surface area contributed by atoms with Crippen molar-refractivity contribution < 1.29 is 9.15 Å². The number of ether oxygens (including phenoxy) is 1. The van der Waals surface area contributed by atoms with Gasteiger partial charge < -0.3 is 9.15 Å². The maximum atomic E-state index is 6.34. The third-order valence-electron chi connectivity index (χ3n) is 11.2. The lowest BCUT2D eigenvalue weighted by molar-refractivity contribution is 0.280. The van der Waals surface area contributed by atoms with Crippen LogP contribution >= 0.6 is 0 Å². The molecule has 10 aromatic rings. The van der Waals surface area contributed by atoms with E-state index in [2.05, 4.69) is 180 Å². The average molecular weight is 723 g/mol. The van der Waals surface area contributed by atoms with Gasteiger partial charge in [-0.05, 0) is 79.4 Å². The van der Waals surface area contributed by atoms with E-state index in [1.807, 2.05) is 18.2 Å². The fourth-order valence-electron chi connectivity index (χ4n) is 8.82. The van der Waals surface area contributed by atoms with Gasteiger partial charge in [0.2, 0.25) is 0 Å². The van der Waals surface area contributed by atoms with Gasteiger partial charge >= 0.3 is 0 Å². The lowest BCUT2D eigenvalue weighted by Crippen LogP contribution is -2.74. The topological polar surface area (TPSA) is 40.2 Å². The smallest absolute Gasteiger partial charge is 0.179 e. The van der Waals surface area contributed by atoms with Crippen molar-refractivity contribution in [1.29, 1.82) is 0 Å². The minimum atomic E-state index is -2.90. The van der Waals surface area contributed by atoms with Crippen molar-refractivity contribution in [3.05, 3.63) is 200 Å². The molecule has 0 radical (unpaired) electrons. The third kappa shape index (κ3) is 4.94. The first-order valence-electron chi connectivity index (χ1n) is 18.7. The molecule has 4 nitrogen and oxygen atoms in total. The van der Waals surface area contributed by atoms with E-state index in [1.165, 1.54) is 37.4 Å². The number of nitrogens with zero attached hydrogens (tertiary/aromatic N) is 2. The second kappa shape index (κ2) is 12.6. The summed E-state index contributed by atoms with van der Waals surface area (Å²) >= 11 is 0. The summed E-state index contributed by atoms with van der Waals surface area (Å²) in [5.41, 5.74) is 9.54. The van der Waals surface area contributed by atoms with E-state index in [4.69, 9.17) is 14.1 Å². The Bertz CT molecular complexity index is 3020. The summed E-state index contributed by atoms with van der Waals surface area (Å²) < 4.78 is 14.7. The summed E-state index contributed by atoms with van der Waals surface area (Å²) in [7, 11) is -2.90. The predicted octanol–water partition coefficient (Wildman–Crippen LogP) is 9.53. The van der Waals surface area contributed by atoms with Crippen molar-refractivity contribution in [1.82, 2.24) is 9.55 Å². The Hall–Kier alpha value is -6.95. The highest BCUT2D eigenvalue weighted by molar-refractivity contribution is 7.20. The molecule has 0 N–H and O–H groups in total. The zero-order valence-electron chi connectivity index (χ0n) is 29.9. The van der Waals surface area contributed by atoms with Crippen molar-refractivity contribution in [2.45, 2.75) is 6.61 Å². The quantitative estimate of drug-likeness (QED) is 0.127. The van der Waals surface area contributed by atoms with Crippen LogP contribution in [0.5, 0.6) is 5.75 Å². The molecule has 2 aromatic heterocycles. The van der Waals surface area contributed by atoms with E-state index in [-0.39, 0.29) is 0 Å². The van der Waals surface area contributed by atoms with E-state index in [9.17, 15) is 0 Å². The fraction of sp³-hybridized carbons (Fsp3) is 0.0200. The molecule has 1 aliphatic rings. The highest BCUT2D eigenvalue weighted by Gasteiger charge is 2.41. The number of para-hydroxylation sites is 3. The van der Waals surface area contributed by atoms with Crippen LogP contribution in [0, 0.1) is 0 Å². The largest absolute Gasteiger partial charge is 0.483 e. The summed E-state index contributed by atoms with van der Waals surface area (Å²) in [6, 6.07) is 70.4. The molecule has 260 valence electrons. The Morgan fingerprint density at radius 3 is 1.91 bits per heavy atom. The molecular weight excluding hydrogens is 689 g/mol. The molecule has 3 heterocycles. The number of aromatic nitrogens is 2. The zero-order chi connectivity index (χ0) is 36.3. The van der Waals surface area contributed by atoms with E-state index >= 15 is 0 Å². The van der Waals surface area contributed by atoms with Crippen LogP contribution < -0.4 is 25.5 Å². The number of rotatable bonds is 6. The summed E-state index contributed by atoms with van der Waals surface area (Å²) in [4.78, 5) is 4.97. The number of fused-ring (bicyclic) bond motifs is 8. The van der Waals surface area contributed by atoms with Crippen molar-refractivity contribution in [2.75, 3.05) is 0 Å². The van der Waals surface area contributed by atoms with Crippen molar-refractivity contribution >= 4 is 61.8 Å². The second-order valence-corrected chi connectivity index (χ2v) is 18.1. The first kappa shape index (κ1) is 31.6. The molecule has 8 aromatic carbocycles. The van der Waals surface area contributed by atoms with Gasteiger partial charge in [0.1, 0.15) is 23.5 Å². The predicted molar refractivity (Wildman–Crippen MR) is 227 cm³/mol. The Labute approximate surface area is 319 Å². The minimum absolute atomic E-state index is 0.448. The maximum absolute atomic E-state index is 6.34. The van der Waals surface area contributed by atoms with Crippen molar-refractivity contribution in [3.8, 4) is 33.7 Å². The first-order valence-corrected chi connectivity index (χ1v) is 20.7. The number of furan rings is 1. The van der Waals surface area contributed by atoms with Crippen LogP contribution in [0.25, 0.3) is 60.9 Å². The number of imidazole rings is 1. The molecule has 0 fully saturated rings. The Morgan fingerprint density at radius 1 is 0.491 bits per heavy atom. The molecule has 0 bridgehead atoms. The highest BCUT2D eigenvalue weighted by atomic mass is 28.3. The molecular formula is C50H34N2O2Si. The summed E-state index contributed by atoms with van der Waals surface area (Å²) in [6.45, 7) is 0.448. The molecule has 55 heavy (non-hydrogen) atoms. The lowest BCUT2D eigenvalue weighted by Gasteiger charge is -2.35. The Kier molecular flexibility index (Phi) is 7.22. The molecule has 0 unspecified atom stereocenters. The Morgan fingerprint density at radius 2 is 1.11 bits per heavy atom. The first-order chi connectivity index (χ1) is 27.3. The molecule has 0 amide bonds. The highest BCUT2D eigenvalue weighted by Crippen LogP contribution is 2.37. The van der Waals surface area contributed by atoms with Gasteiger partial charge in [0, 0.05) is 10.8 Å². The fourth-order valence-corrected chi connectivity index (χ4v) is 13.6. The minimum Gasteiger partial charge on any atom is -0.483 e. The third-order valence-corrected chi connectivity index (χ3v) is 16.0. The molecule has 11 rings (SSSR count). The van der Waals surface area contributed by atoms with Gasteiger partial charge in [-0.25, -0.2) is 4.98 Å². The molecule has 5 heteroatoms.